The molecule has 0 saturated heterocycles. The van der Waals surface area contributed by atoms with E-state index in [1.54, 1.807) is 0 Å². The largest absolute Gasteiger partial charge is 0.368 e. The summed E-state index contributed by atoms with van der Waals surface area (Å²) in [7, 11) is 0. The SMILES string of the molecule is C#CCCCCCCCCCC(O)O. The number of terminal acetylenes is 1. The first kappa shape index (κ1) is 13.5. The summed E-state index contributed by atoms with van der Waals surface area (Å²) in [4.78, 5) is 0. The van der Waals surface area contributed by atoms with Crippen molar-refractivity contribution in [3.8, 4) is 12.3 Å². The van der Waals surface area contributed by atoms with Crippen molar-refractivity contribution < 1.29 is 10.2 Å². The maximum atomic E-state index is 8.59. The van der Waals surface area contributed by atoms with Gasteiger partial charge in [-0.25, -0.2) is 0 Å². The fraction of sp³-hybridized carbons (Fsp3) is 0.833. The van der Waals surface area contributed by atoms with Gasteiger partial charge in [-0.2, -0.15) is 0 Å². The Balaban J connectivity index is 2.89. The molecule has 0 radical (unpaired) electrons. The molecule has 0 aliphatic rings. The lowest BCUT2D eigenvalue weighted by Crippen LogP contribution is -2.02. The topological polar surface area (TPSA) is 40.5 Å². The molecule has 0 saturated carbocycles. The molecule has 2 N–H and O–H groups in total. The van der Waals surface area contributed by atoms with E-state index in [0.717, 1.165) is 25.7 Å². The van der Waals surface area contributed by atoms with Gasteiger partial charge >= 0.3 is 0 Å². The fourth-order valence-electron chi connectivity index (χ4n) is 1.44. The first-order valence-electron chi connectivity index (χ1n) is 5.57. The lowest BCUT2D eigenvalue weighted by Gasteiger charge is -2.02. The zero-order valence-electron chi connectivity index (χ0n) is 8.91. The number of hydrogen-bond donors (Lipinski definition) is 2. The number of unbranched alkanes of at least 4 members (excludes halogenated alkanes) is 7. The van der Waals surface area contributed by atoms with E-state index < -0.39 is 6.29 Å². The zero-order chi connectivity index (χ0) is 10.6. The Kier molecular flexibility index (Phi) is 10.2. The highest BCUT2D eigenvalue weighted by Crippen LogP contribution is 2.09. The molecule has 0 aliphatic heterocycles. The van der Waals surface area contributed by atoms with Gasteiger partial charge in [0.2, 0.25) is 0 Å². The summed E-state index contributed by atoms with van der Waals surface area (Å²) in [6, 6.07) is 0. The molecule has 0 unspecified atom stereocenters. The van der Waals surface area contributed by atoms with E-state index in [2.05, 4.69) is 5.92 Å². The second-order valence-corrected chi connectivity index (χ2v) is 3.70. The standard InChI is InChI=1S/C12H22O2/c1-2-3-4-5-6-7-8-9-10-11-12(13)14/h1,12-14H,3-11H2. The van der Waals surface area contributed by atoms with Gasteiger partial charge in [-0.15, -0.1) is 12.3 Å². The third-order valence-corrected chi connectivity index (χ3v) is 2.28. The van der Waals surface area contributed by atoms with Crippen LogP contribution >= 0.6 is 0 Å². The Morgan fingerprint density at radius 3 is 1.86 bits per heavy atom. The van der Waals surface area contributed by atoms with Gasteiger partial charge in [0.05, 0.1) is 0 Å². The molecule has 0 aromatic rings. The number of aliphatic hydroxyl groups excluding tert-OH is 1. The summed E-state index contributed by atoms with van der Waals surface area (Å²) in [5, 5.41) is 17.2. The van der Waals surface area contributed by atoms with E-state index in [1.807, 2.05) is 0 Å². The third-order valence-electron chi connectivity index (χ3n) is 2.28. The molecular formula is C12H22O2. The van der Waals surface area contributed by atoms with Crippen molar-refractivity contribution in [1.82, 2.24) is 0 Å². The van der Waals surface area contributed by atoms with Crippen LogP contribution < -0.4 is 0 Å². The summed E-state index contributed by atoms with van der Waals surface area (Å²) in [5.41, 5.74) is 0. The molecule has 14 heavy (non-hydrogen) atoms. The lowest BCUT2D eigenvalue weighted by molar-refractivity contribution is -0.0466. The Hall–Kier alpha value is -0.520. The van der Waals surface area contributed by atoms with Gasteiger partial charge in [0.25, 0.3) is 0 Å². The van der Waals surface area contributed by atoms with Gasteiger partial charge in [0.1, 0.15) is 0 Å². The minimum Gasteiger partial charge on any atom is -0.368 e. The zero-order valence-corrected chi connectivity index (χ0v) is 8.91. The number of hydrogen-bond acceptors (Lipinski definition) is 2. The molecule has 0 amide bonds. The minimum atomic E-state index is -1.12. The van der Waals surface area contributed by atoms with Gasteiger partial charge in [-0.3, -0.25) is 0 Å². The fourth-order valence-corrected chi connectivity index (χ4v) is 1.44. The smallest absolute Gasteiger partial charge is 0.151 e. The molecule has 2 heteroatoms. The molecule has 0 aromatic carbocycles. The van der Waals surface area contributed by atoms with Crippen LogP contribution in [0.1, 0.15) is 57.8 Å². The maximum Gasteiger partial charge on any atom is 0.151 e. The van der Waals surface area contributed by atoms with Crippen LogP contribution in [-0.2, 0) is 0 Å². The predicted molar refractivity (Wildman–Crippen MR) is 58.6 cm³/mol. The molecule has 0 fully saturated rings. The molecule has 0 spiro atoms. The highest BCUT2D eigenvalue weighted by atomic mass is 16.5. The molecule has 2 nitrogen and oxygen atoms in total. The van der Waals surface area contributed by atoms with Crippen LogP contribution in [-0.4, -0.2) is 16.5 Å². The number of rotatable bonds is 9. The van der Waals surface area contributed by atoms with Crippen LogP contribution in [0.25, 0.3) is 0 Å². The van der Waals surface area contributed by atoms with Gasteiger partial charge in [0.15, 0.2) is 6.29 Å². The van der Waals surface area contributed by atoms with E-state index >= 15 is 0 Å². The van der Waals surface area contributed by atoms with Crippen molar-refractivity contribution in [1.29, 1.82) is 0 Å². The average molecular weight is 198 g/mol. The quantitative estimate of drug-likeness (QED) is 0.339. The van der Waals surface area contributed by atoms with Gasteiger partial charge in [-0.05, 0) is 19.3 Å². The minimum absolute atomic E-state index is 0.511. The number of aliphatic hydroxyl groups is 2. The van der Waals surface area contributed by atoms with Crippen molar-refractivity contribution in [2.75, 3.05) is 0 Å². The molecule has 82 valence electrons. The van der Waals surface area contributed by atoms with Crippen molar-refractivity contribution in [2.24, 2.45) is 0 Å². The first-order valence-corrected chi connectivity index (χ1v) is 5.57. The van der Waals surface area contributed by atoms with Crippen molar-refractivity contribution in [3.63, 3.8) is 0 Å². The van der Waals surface area contributed by atoms with Crippen molar-refractivity contribution in [2.45, 2.75) is 64.1 Å². The lowest BCUT2D eigenvalue weighted by atomic mass is 10.1. The van der Waals surface area contributed by atoms with Gasteiger partial charge in [0, 0.05) is 6.42 Å². The Labute approximate surface area is 87.3 Å². The predicted octanol–water partition coefficient (Wildman–Crippen LogP) is 2.44. The summed E-state index contributed by atoms with van der Waals surface area (Å²) in [5.74, 6) is 2.64. The second kappa shape index (κ2) is 10.6. The van der Waals surface area contributed by atoms with E-state index in [4.69, 9.17) is 16.6 Å². The molecule has 0 bridgehead atoms. The van der Waals surface area contributed by atoms with E-state index in [1.165, 1.54) is 25.7 Å². The van der Waals surface area contributed by atoms with Gasteiger partial charge < -0.3 is 10.2 Å². The Morgan fingerprint density at radius 2 is 1.36 bits per heavy atom. The Bertz CT molecular complexity index is 147. The summed E-state index contributed by atoms with van der Waals surface area (Å²) in [6.07, 6.45) is 13.5. The van der Waals surface area contributed by atoms with Crippen molar-refractivity contribution in [3.05, 3.63) is 0 Å². The van der Waals surface area contributed by atoms with Crippen LogP contribution in [0.4, 0.5) is 0 Å². The average Bonchev–Trinajstić information content (AvgIpc) is 2.15. The van der Waals surface area contributed by atoms with E-state index in [0.29, 0.717) is 6.42 Å². The van der Waals surface area contributed by atoms with Crippen LogP contribution in [0.15, 0.2) is 0 Å². The highest BCUT2D eigenvalue weighted by molar-refractivity contribution is 4.82. The molecule has 0 rings (SSSR count). The highest BCUT2D eigenvalue weighted by Gasteiger charge is 1.96. The summed E-state index contributed by atoms with van der Waals surface area (Å²) in [6.45, 7) is 0. The van der Waals surface area contributed by atoms with E-state index in [-0.39, 0.29) is 0 Å². The van der Waals surface area contributed by atoms with Crippen LogP contribution in [0, 0.1) is 12.3 Å². The Morgan fingerprint density at radius 1 is 0.857 bits per heavy atom. The molecule has 0 aromatic heterocycles. The van der Waals surface area contributed by atoms with Crippen LogP contribution in [0.3, 0.4) is 0 Å². The van der Waals surface area contributed by atoms with Crippen LogP contribution in [0.5, 0.6) is 0 Å². The molecular weight excluding hydrogens is 176 g/mol. The molecule has 0 heterocycles. The first-order chi connectivity index (χ1) is 6.77. The second-order valence-electron chi connectivity index (χ2n) is 3.70. The van der Waals surface area contributed by atoms with Gasteiger partial charge in [-0.1, -0.05) is 32.1 Å². The third kappa shape index (κ3) is 11.5. The molecule has 0 atom stereocenters. The van der Waals surface area contributed by atoms with E-state index in [9.17, 15) is 0 Å². The molecule has 0 aliphatic carbocycles. The summed E-state index contributed by atoms with van der Waals surface area (Å²) >= 11 is 0. The maximum absolute atomic E-state index is 8.59. The normalized spacial score (nSPS) is 10.4. The summed E-state index contributed by atoms with van der Waals surface area (Å²) < 4.78 is 0. The van der Waals surface area contributed by atoms with Crippen LogP contribution in [0.2, 0.25) is 0 Å². The monoisotopic (exact) mass is 198 g/mol. The van der Waals surface area contributed by atoms with Crippen molar-refractivity contribution >= 4 is 0 Å².